The minimum absolute atomic E-state index is 0.0547. The Balaban J connectivity index is 1.75. The molecule has 0 spiro atoms. The van der Waals surface area contributed by atoms with Crippen molar-refractivity contribution in [2.75, 3.05) is 19.7 Å². The van der Waals surface area contributed by atoms with Crippen molar-refractivity contribution in [2.24, 2.45) is 5.92 Å². The van der Waals surface area contributed by atoms with Crippen molar-refractivity contribution in [3.05, 3.63) is 52.3 Å². The molecule has 2 aromatic rings. The minimum atomic E-state index is -0.390. The molecule has 1 aromatic carbocycles. The van der Waals surface area contributed by atoms with E-state index < -0.39 is 0 Å². The van der Waals surface area contributed by atoms with Gasteiger partial charge >= 0.3 is 0 Å². The van der Waals surface area contributed by atoms with Crippen LogP contribution >= 0.6 is 0 Å². The molecule has 2 atom stereocenters. The Hall–Kier alpha value is -2.18. The third kappa shape index (κ3) is 3.60. The molecule has 2 heterocycles. The first-order chi connectivity index (χ1) is 11.2. The van der Waals surface area contributed by atoms with E-state index in [4.69, 9.17) is 4.42 Å². The molecule has 1 aliphatic heterocycles. The number of aliphatic hydroxyl groups is 1. The van der Waals surface area contributed by atoms with Crippen LogP contribution in [-0.4, -0.2) is 29.7 Å². The number of hydrogen-bond acceptors (Lipinski definition) is 4. The summed E-state index contributed by atoms with van der Waals surface area (Å²) >= 11 is 0. The van der Waals surface area contributed by atoms with Gasteiger partial charge in [-0.2, -0.15) is 0 Å². The predicted octanol–water partition coefficient (Wildman–Crippen LogP) is 1.64. The summed E-state index contributed by atoms with van der Waals surface area (Å²) in [6, 6.07) is 10.3. The molecule has 3 rings (SSSR count). The molecule has 0 radical (unpaired) electrons. The highest BCUT2D eigenvalue weighted by molar-refractivity contribution is 5.69. The summed E-state index contributed by atoms with van der Waals surface area (Å²) < 4.78 is 5.84. The van der Waals surface area contributed by atoms with Crippen LogP contribution in [0, 0.1) is 16.0 Å². The van der Waals surface area contributed by atoms with Gasteiger partial charge in [0, 0.05) is 12.0 Å². The molecule has 2 N–H and O–H groups in total. The average molecular weight is 317 g/mol. The molecular formula is C17H21N2O4+. The summed E-state index contributed by atoms with van der Waals surface area (Å²) in [7, 11) is 0. The average Bonchev–Trinajstić information content (AvgIpc) is 3.03. The number of benzene rings is 1. The number of nitrogens with one attached hydrogen (secondary N) is 1. The van der Waals surface area contributed by atoms with Crippen LogP contribution in [0.2, 0.25) is 0 Å². The Labute approximate surface area is 134 Å². The fraction of sp³-hybridized carbons (Fsp3) is 0.412. The van der Waals surface area contributed by atoms with Gasteiger partial charge in [-0.05, 0) is 31.0 Å². The summed E-state index contributed by atoms with van der Waals surface area (Å²) in [5.74, 6) is 1.72. The lowest BCUT2D eigenvalue weighted by molar-refractivity contribution is -0.923. The number of nitro groups is 1. The van der Waals surface area contributed by atoms with Crippen molar-refractivity contribution in [1.29, 1.82) is 0 Å². The highest BCUT2D eigenvalue weighted by atomic mass is 16.6. The maximum absolute atomic E-state index is 11.1. The second-order valence-electron chi connectivity index (χ2n) is 6.11. The van der Waals surface area contributed by atoms with Gasteiger partial charge in [-0.25, -0.2) is 0 Å². The van der Waals surface area contributed by atoms with Crippen LogP contribution in [0.15, 0.2) is 40.8 Å². The Morgan fingerprint density at radius 3 is 2.91 bits per heavy atom. The fourth-order valence-corrected chi connectivity index (χ4v) is 3.27. The number of piperidine rings is 1. The zero-order valence-corrected chi connectivity index (χ0v) is 12.9. The molecule has 6 nitrogen and oxygen atoms in total. The molecule has 122 valence electrons. The van der Waals surface area contributed by atoms with Gasteiger partial charge in [0.15, 0.2) is 5.76 Å². The zero-order chi connectivity index (χ0) is 16.2. The maximum atomic E-state index is 11.1. The van der Waals surface area contributed by atoms with Gasteiger partial charge in [0.05, 0.1) is 30.2 Å². The van der Waals surface area contributed by atoms with Crippen LogP contribution in [0.1, 0.15) is 18.6 Å². The van der Waals surface area contributed by atoms with Crippen molar-refractivity contribution in [3.8, 4) is 11.3 Å². The highest BCUT2D eigenvalue weighted by Gasteiger charge is 2.24. The summed E-state index contributed by atoms with van der Waals surface area (Å²) in [5, 5.41) is 20.4. The van der Waals surface area contributed by atoms with E-state index in [1.807, 2.05) is 6.07 Å². The van der Waals surface area contributed by atoms with Gasteiger partial charge in [0.25, 0.3) is 5.69 Å². The van der Waals surface area contributed by atoms with E-state index in [2.05, 4.69) is 0 Å². The molecular weight excluding hydrogens is 296 g/mol. The number of furan rings is 1. The van der Waals surface area contributed by atoms with Crippen molar-refractivity contribution < 1.29 is 19.3 Å². The summed E-state index contributed by atoms with van der Waals surface area (Å²) in [5.41, 5.74) is 0.560. The van der Waals surface area contributed by atoms with Crippen LogP contribution in [-0.2, 0) is 6.54 Å². The van der Waals surface area contributed by atoms with Gasteiger partial charge < -0.3 is 14.4 Å². The second-order valence-corrected chi connectivity index (χ2v) is 6.11. The second kappa shape index (κ2) is 6.93. The van der Waals surface area contributed by atoms with E-state index in [1.54, 1.807) is 24.3 Å². The first-order valence-corrected chi connectivity index (χ1v) is 7.94. The number of hydrogen-bond donors (Lipinski definition) is 2. The Morgan fingerprint density at radius 1 is 1.30 bits per heavy atom. The monoisotopic (exact) mass is 317 g/mol. The van der Waals surface area contributed by atoms with Gasteiger partial charge in [0.2, 0.25) is 0 Å². The summed E-state index contributed by atoms with van der Waals surface area (Å²) in [6.45, 7) is 3.00. The van der Waals surface area contributed by atoms with Crippen LogP contribution in [0.5, 0.6) is 0 Å². The van der Waals surface area contributed by atoms with Gasteiger partial charge in [0.1, 0.15) is 12.3 Å². The first kappa shape index (κ1) is 15.7. The number of likely N-dealkylation sites (tertiary alicyclic amines) is 1. The number of nitrogens with zero attached hydrogens (tertiary/aromatic N) is 1. The number of nitro benzene ring substituents is 1. The molecule has 0 saturated carbocycles. The van der Waals surface area contributed by atoms with Gasteiger partial charge in [-0.1, -0.05) is 12.1 Å². The van der Waals surface area contributed by atoms with E-state index in [-0.39, 0.29) is 17.2 Å². The number of para-hydroxylation sites is 1. The molecule has 1 unspecified atom stereocenters. The van der Waals surface area contributed by atoms with Crippen LogP contribution in [0.25, 0.3) is 11.3 Å². The standard InChI is InChI=1S/C17H20N2O4/c20-12-13-4-3-9-18(10-13)11-14-7-8-17(23-14)15-5-1-2-6-16(15)19(21)22/h1-2,5-8,13,20H,3-4,9-12H2/p+1/t13-/m0/s1. The first-order valence-electron chi connectivity index (χ1n) is 7.94. The SMILES string of the molecule is O=[N+]([O-])c1ccccc1-c1ccc(C[NH+]2CCC[C@H](CO)C2)o1. The van der Waals surface area contributed by atoms with E-state index in [0.717, 1.165) is 38.2 Å². The van der Waals surface area contributed by atoms with Crippen LogP contribution < -0.4 is 4.90 Å². The molecule has 6 heteroatoms. The topological polar surface area (TPSA) is 81.0 Å². The molecule has 1 fully saturated rings. The predicted molar refractivity (Wildman–Crippen MR) is 85.0 cm³/mol. The van der Waals surface area contributed by atoms with Crippen molar-refractivity contribution in [3.63, 3.8) is 0 Å². The number of rotatable bonds is 5. The third-order valence-electron chi connectivity index (χ3n) is 4.43. The largest absolute Gasteiger partial charge is 0.455 e. The highest BCUT2D eigenvalue weighted by Crippen LogP contribution is 2.30. The lowest BCUT2D eigenvalue weighted by Crippen LogP contribution is -3.12. The Kier molecular flexibility index (Phi) is 4.73. The van der Waals surface area contributed by atoms with Crippen molar-refractivity contribution in [2.45, 2.75) is 19.4 Å². The Morgan fingerprint density at radius 2 is 2.13 bits per heavy atom. The maximum Gasteiger partial charge on any atom is 0.280 e. The molecule has 0 aliphatic carbocycles. The van der Waals surface area contributed by atoms with Gasteiger partial charge in [-0.3, -0.25) is 10.1 Å². The molecule has 23 heavy (non-hydrogen) atoms. The van der Waals surface area contributed by atoms with E-state index >= 15 is 0 Å². The molecule has 0 amide bonds. The van der Waals surface area contributed by atoms with E-state index in [9.17, 15) is 15.2 Å². The van der Waals surface area contributed by atoms with Gasteiger partial charge in [-0.15, -0.1) is 0 Å². The quantitative estimate of drug-likeness (QED) is 0.649. The van der Waals surface area contributed by atoms with Crippen molar-refractivity contribution in [1.82, 2.24) is 0 Å². The molecule has 0 bridgehead atoms. The van der Waals surface area contributed by atoms with Crippen molar-refractivity contribution >= 4 is 5.69 Å². The summed E-state index contributed by atoms with van der Waals surface area (Å²) in [4.78, 5) is 12.1. The number of aliphatic hydroxyl groups excluding tert-OH is 1. The Bertz CT molecular complexity index is 683. The molecule has 1 aliphatic rings. The minimum Gasteiger partial charge on any atom is -0.455 e. The van der Waals surface area contributed by atoms with Crippen LogP contribution in [0.3, 0.4) is 0 Å². The fourth-order valence-electron chi connectivity index (χ4n) is 3.27. The normalized spacial score (nSPS) is 21.3. The van der Waals surface area contributed by atoms with E-state index in [1.165, 1.54) is 11.0 Å². The third-order valence-corrected chi connectivity index (χ3v) is 4.43. The van der Waals surface area contributed by atoms with E-state index in [0.29, 0.717) is 17.2 Å². The van der Waals surface area contributed by atoms with Crippen LogP contribution in [0.4, 0.5) is 5.69 Å². The lowest BCUT2D eigenvalue weighted by atomic mass is 9.99. The number of quaternary nitrogens is 1. The smallest absolute Gasteiger partial charge is 0.280 e. The lowest BCUT2D eigenvalue weighted by Gasteiger charge is -2.28. The summed E-state index contributed by atoms with van der Waals surface area (Å²) in [6.07, 6.45) is 2.19. The molecule has 1 saturated heterocycles. The zero-order valence-electron chi connectivity index (χ0n) is 12.9. The molecule has 1 aromatic heterocycles.